The van der Waals surface area contributed by atoms with Gasteiger partial charge < -0.3 is 15.5 Å². The van der Waals surface area contributed by atoms with E-state index in [2.05, 4.69) is 5.32 Å². The molecule has 2 rings (SSSR count). The molecule has 1 unspecified atom stereocenters. The van der Waals surface area contributed by atoms with Crippen LogP contribution in [0.4, 0.5) is 0 Å². The van der Waals surface area contributed by atoms with Gasteiger partial charge in [-0.1, -0.05) is 12.1 Å². The first-order valence-electron chi connectivity index (χ1n) is 7.33. The number of rotatable bonds is 6. The van der Waals surface area contributed by atoms with Gasteiger partial charge in [-0.2, -0.15) is 0 Å². The Bertz CT molecular complexity index is 887. The van der Waals surface area contributed by atoms with Crippen molar-refractivity contribution in [2.75, 3.05) is 6.54 Å². The van der Waals surface area contributed by atoms with Gasteiger partial charge in [-0.05, 0) is 30.7 Å². The molecule has 0 aliphatic rings. The molecule has 1 aromatic carbocycles. The molecule has 8 heteroatoms. The molecule has 0 bridgehead atoms. The Hall–Kier alpha value is -3.42. The fourth-order valence-corrected chi connectivity index (χ4v) is 2.30. The van der Waals surface area contributed by atoms with Gasteiger partial charge in [-0.25, -0.2) is 9.59 Å². The maximum atomic E-state index is 12.2. The van der Waals surface area contributed by atoms with Gasteiger partial charge in [-0.15, -0.1) is 0 Å². The first kappa shape index (κ1) is 17.9. The summed E-state index contributed by atoms with van der Waals surface area (Å²) >= 11 is 0. The van der Waals surface area contributed by atoms with Crippen LogP contribution in [0.3, 0.4) is 0 Å². The number of nitrogens with one attached hydrogen (secondary N) is 1. The molecule has 0 spiro atoms. The third-order valence-corrected chi connectivity index (χ3v) is 3.58. The molecule has 25 heavy (non-hydrogen) atoms. The van der Waals surface area contributed by atoms with E-state index in [1.54, 1.807) is 13.0 Å². The smallest absolute Gasteiger partial charge is 0.336 e. The number of carboxylic acid groups (broad SMARTS) is 2. The number of aromatic carboxylic acids is 1. The van der Waals surface area contributed by atoms with E-state index >= 15 is 0 Å². The third-order valence-electron chi connectivity index (χ3n) is 3.58. The van der Waals surface area contributed by atoms with Gasteiger partial charge in [0, 0.05) is 18.8 Å². The highest BCUT2D eigenvalue weighted by Gasteiger charge is 2.23. The van der Waals surface area contributed by atoms with Gasteiger partial charge in [0.25, 0.3) is 11.5 Å². The van der Waals surface area contributed by atoms with Crippen molar-refractivity contribution in [1.82, 2.24) is 9.88 Å². The fraction of sp³-hybridized carbons (Fsp3) is 0.176. The van der Waals surface area contributed by atoms with Crippen molar-refractivity contribution in [3.8, 4) is 0 Å². The van der Waals surface area contributed by atoms with Crippen LogP contribution in [0.2, 0.25) is 0 Å². The monoisotopic (exact) mass is 344 g/mol. The van der Waals surface area contributed by atoms with Crippen LogP contribution in [0.5, 0.6) is 0 Å². The molecule has 130 valence electrons. The minimum absolute atomic E-state index is 0.0876. The van der Waals surface area contributed by atoms with E-state index in [4.69, 9.17) is 5.11 Å². The number of carbonyl (C=O) groups is 3. The van der Waals surface area contributed by atoms with Crippen molar-refractivity contribution in [1.29, 1.82) is 0 Å². The highest BCUT2D eigenvalue weighted by Crippen LogP contribution is 2.10. The second-order valence-corrected chi connectivity index (χ2v) is 5.36. The number of carbonyl (C=O) groups excluding carboxylic acids is 1. The molecule has 3 N–H and O–H groups in total. The Morgan fingerprint density at radius 2 is 1.76 bits per heavy atom. The lowest BCUT2D eigenvalue weighted by Crippen LogP contribution is -2.39. The maximum absolute atomic E-state index is 12.2. The zero-order valence-electron chi connectivity index (χ0n) is 13.3. The second kappa shape index (κ2) is 7.43. The average molecular weight is 344 g/mol. The first-order valence-corrected chi connectivity index (χ1v) is 7.33. The number of benzene rings is 1. The van der Waals surface area contributed by atoms with Crippen LogP contribution in [-0.2, 0) is 4.79 Å². The predicted octanol–water partition coefficient (Wildman–Crippen LogP) is 0.911. The largest absolute Gasteiger partial charge is 0.480 e. The lowest BCUT2D eigenvalue weighted by Gasteiger charge is -2.17. The molecule has 0 radical (unpaired) electrons. The van der Waals surface area contributed by atoms with Crippen LogP contribution in [0.15, 0.2) is 47.4 Å². The van der Waals surface area contributed by atoms with Crippen molar-refractivity contribution in [3.05, 3.63) is 69.6 Å². The Balaban J connectivity index is 2.22. The van der Waals surface area contributed by atoms with E-state index in [1.165, 1.54) is 36.5 Å². The average Bonchev–Trinajstić information content (AvgIpc) is 2.56. The minimum atomic E-state index is -1.31. The summed E-state index contributed by atoms with van der Waals surface area (Å²) in [6, 6.07) is 7.14. The molecule has 0 saturated heterocycles. The molecule has 0 aliphatic heterocycles. The summed E-state index contributed by atoms with van der Waals surface area (Å²) in [6.07, 6.45) is 1.34. The number of hydrogen-bond donors (Lipinski definition) is 3. The van der Waals surface area contributed by atoms with Crippen molar-refractivity contribution < 1.29 is 24.6 Å². The van der Waals surface area contributed by atoms with Crippen molar-refractivity contribution >= 4 is 17.8 Å². The molecule has 1 heterocycles. The van der Waals surface area contributed by atoms with E-state index in [9.17, 15) is 24.3 Å². The Labute approximate surface area is 142 Å². The van der Waals surface area contributed by atoms with Crippen molar-refractivity contribution in [2.24, 2.45) is 0 Å². The van der Waals surface area contributed by atoms with E-state index < -0.39 is 29.4 Å². The maximum Gasteiger partial charge on any atom is 0.336 e. The number of amides is 1. The van der Waals surface area contributed by atoms with Crippen LogP contribution < -0.4 is 10.9 Å². The van der Waals surface area contributed by atoms with Crippen LogP contribution >= 0.6 is 0 Å². The summed E-state index contributed by atoms with van der Waals surface area (Å²) in [4.78, 5) is 46.8. The van der Waals surface area contributed by atoms with E-state index in [0.717, 1.165) is 4.57 Å². The van der Waals surface area contributed by atoms with Gasteiger partial charge in [0.05, 0.1) is 11.1 Å². The fourth-order valence-electron chi connectivity index (χ4n) is 2.30. The highest BCUT2D eigenvalue weighted by molar-refractivity contribution is 6.04. The molecular weight excluding hydrogens is 328 g/mol. The molecule has 0 fully saturated rings. The number of nitrogens with zero attached hydrogens (tertiary/aromatic N) is 1. The molecular formula is C17H16N2O6. The van der Waals surface area contributed by atoms with Crippen LogP contribution in [0.25, 0.3) is 0 Å². The van der Waals surface area contributed by atoms with Gasteiger partial charge >= 0.3 is 11.9 Å². The number of pyridine rings is 1. The standard InChI is InChI=1S/C17H16N2O6/c1-10-6-7-19(14(20)8-10)13(17(24)25)9-18-15(21)11-4-2-3-5-12(11)16(22)23/h2-8,13H,9H2,1H3,(H,18,21)(H,22,23)(H,24,25). The minimum Gasteiger partial charge on any atom is -0.480 e. The summed E-state index contributed by atoms with van der Waals surface area (Å²) in [5, 5.41) is 20.8. The number of carboxylic acids is 2. The number of aryl methyl sites for hydroxylation is 1. The first-order chi connectivity index (χ1) is 11.8. The Morgan fingerprint density at radius 3 is 2.32 bits per heavy atom. The molecule has 0 aliphatic carbocycles. The molecule has 8 nitrogen and oxygen atoms in total. The molecule has 1 atom stereocenters. The van der Waals surface area contributed by atoms with Crippen LogP contribution in [-0.4, -0.2) is 39.2 Å². The number of aromatic nitrogens is 1. The topological polar surface area (TPSA) is 126 Å². The summed E-state index contributed by atoms with van der Waals surface area (Å²) in [5.74, 6) is -3.29. The van der Waals surface area contributed by atoms with Gasteiger partial charge in [-0.3, -0.25) is 14.2 Å². The summed E-state index contributed by atoms with van der Waals surface area (Å²) < 4.78 is 0.999. The van der Waals surface area contributed by atoms with Gasteiger partial charge in [0.1, 0.15) is 0 Å². The zero-order chi connectivity index (χ0) is 18.6. The van der Waals surface area contributed by atoms with Crippen LogP contribution in [0, 0.1) is 6.92 Å². The Morgan fingerprint density at radius 1 is 1.12 bits per heavy atom. The van der Waals surface area contributed by atoms with E-state index in [0.29, 0.717) is 5.56 Å². The lowest BCUT2D eigenvalue weighted by atomic mass is 10.1. The zero-order valence-corrected chi connectivity index (χ0v) is 13.3. The summed E-state index contributed by atoms with van der Waals surface area (Å²) in [5.41, 5.74) is -0.104. The second-order valence-electron chi connectivity index (χ2n) is 5.36. The predicted molar refractivity (Wildman–Crippen MR) is 87.8 cm³/mol. The summed E-state index contributed by atoms with van der Waals surface area (Å²) in [7, 11) is 0. The SMILES string of the molecule is Cc1ccn(C(CNC(=O)c2ccccc2C(=O)O)C(=O)O)c(=O)c1. The lowest BCUT2D eigenvalue weighted by molar-refractivity contribution is -0.140. The normalized spacial score (nSPS) is 11.6. The molecule has 0 saturated carbocycles. The highest BCUT2D eigenvalue weighted by atomic mass is 16.4. The molecule has 2 aromatic rings. The van der Waals surface area contributed by atoms with Crippen molar-refractivity contribution in [3.63, 3.8) is 0 Å². The van der Waals surface area contributed by atoms with Crippen LogP contribution in [0.1, 0.15) is 32.3 Å². The molecule has 1 aromatic heterocycles. The quantitative estimate of drug-likeness (QED) is 0.715. The number of hydrogen-bond acceptors (Lipinski definition) is 4. The van der Waals surface area contributed by atoms with E-state index in [1.807, 2.05) is 0 Å². The third kappa shape index (κ3) is 4.11. The van der Waals surface area contributed by atoms with Crippen molar-refractivity contribution in [2.45, 2.75) is 13.0 Å². The number of aliphatic carboxylic acids is 1. The summed E-state index contributed by atoms with van der Waals surface area (Å²) in [6.45, 7) is 1.33. The van der Waals surface area contributed by atoms with Gasteiger partial charge in [0.2, 0.25) is 0 Å². The van der Waals surface area contributed by atoms with E-state index in [-0.39, 0.29) is 17.7 Å². The van der Waals surface area contributed by atoms with Gasteiger partial charge in [0.15, 0.2) is 6.04 Å². The Kier molecular flexibility index (Phi) is 5.33. The molecule has 1 amide bonds.